The minimum absolute atomic E-state index is 0.0887. The van der Waals surface area contributed by atoms with E-state index in [1.807, 2.05) is 31.2 Å². The van der Waals surface area contributed by atoms with Crippen LogP contribution in [-0.2, 0) is 33.1 Å². The molecule has 5 rings (SSSR count). The monoisotopic (exact) mass is 447 g/mol. The third-order valence-corrected chi connectivity index (χ3v) is 6.77. The first kappa shape index (κ1) is 21.3. The SMILES string of the molecule is CC[C@@H](NC(C)=O)c1c2c(nc3ccccc13)-c1cc3c(c(=O)n1C2)COC(=O)[C@]3(O)CC. The van der Waals surface area contributed by atoms with Crippen LogP contribution < -0.4 is 10.9 Å². The number of fused-ring (bicyclic) bond motifs is 5. The van der Waals surface area contributed by atoms with E-state index in [1.54, 1.807) is 17.6 Å². The lowest BCUT2D eigenvalue weighted by atomic mass is 9.86. The van der Waals surface area contributed by atoms with Crippen molar-refractivity contribution < 1.29 is 19.4 Å². The molecule has 8 heteroatoms. The third kappa shape index (κ3) is 3.01. The molecule has 170 valence electrons. The predicted molar refractivity (Wildman–Crippen MR) is 121 cm³/mol. The number of aromatic nitrogens is 2. The van der Waals surface area contributed by atoms with Gasteiger partial charge in [0.2, 0.25) is 5.91 Å². The molecule has 1 amide bonds. The number of ether oxygens (including phenoxy) is 1. The number of rotatable bonds is 4. The minimum atomic E-state index is -1.87. The number of cyclic esters (lactones) is 1. The molecule has 4 heterocycles. The molecule has 0 fully saturated rings. The van der Waals surface area contributed by atoms with Gasteiger partial charge in [0.25, 0.3) is 5.56 Å². The number of hydrogen-bond acceptors (Lipinski definition) is 6. The molecular formula is C25H25N3O5. The van der Waals surface area contributed by atoms with Gasteiger partial charge in [-0.15, -0.1) is 0 Å². The topological polar surface area (TPSA) is 111 Å². The molecule has 0 bridgehead atoms. The number of aliphatic hydroxyl groups is 1. The van der Waals surface area contributed by atoms with Crippen molar-refractivity contribution in [2.24, 2.45) is 0 Å². The lowest BCUT2D eigenvalue weighted by Crippen LogP contribution is -2.44. The van der Waals surface area contributed by atoms with Crippen LogP contribution in [0.1, 0.15) is 61.9 Å². The molecule has 2 aromatic heterocycles. The lowest BCUT2D eigenvalue weighted by molar-refractivity contribution is -0.172. The van der Waals surface area contributed by atoms with Gasteiger partial charge in [-0.05, 0) is 30.5 Å². The van der Waals surface area contributed by atoms with Crippen molar-refractivity contribution >= 4 is 22.8 Å². The Hall–Kier alpha value is -3.52. The summed E-state index contributed by atoms with van der Waals surface area (Å²) in [5.74, 6) is -0.882. The summed E-state index contributed by atoms with van der Waals surface area (Å²) in [6.45, 7) is 5.29. The first-order chi connectivity index (χ1) is 15.8. The summed E-state index contributed by atoms with van der Waals surface area (Å²) in [4.78, 5) is 42.7. The van der Waals surface area contributed by atoms with E-state index in [1.165, 1.54) is 6.92 Å². The highest BCUT2D eigenvalue weighted by Crippen LogP contribution is 2.42. The summed E-state index contributed by atoms with van der Waals surface area (Å²) < 4.78 is 6.77. The van der Waals surface area contributed by atoms with Crippen LogP contribution in [0.4, 0.5) is 0 Å². The molecule has 0 unspecified atom stereocenters. The summed E-state index contributed by atoms with van der Waals surface area (Å²) in [5, 5.41) is 15.0. The van der Waals surface area contributed by atoms with Crippen molar-refractivity contribution in [2.75, 3.05) is 0 Å². The maximum Gasteiger partial charge on any atom is 0.343 e. The van der Waals surface area contributed by atoms with Crippen molar-refractivity contribution in [3.8, 4) is 11.4 Å². The zero-order valence-electron chi connectivity index (χ0n) is 18.8. The van der Waals surface area contributed by atoms with Gasteiger partial charge in [0.05, 0.1) is 35.1 Å². The van der Waals surface area contributed by atoms with E-state index >= 15 is 0 Å². The molecule has 2 N–H and O–H groups in total. The van der Waals surface area contributed by atoms with Gasteiger partial charge in [-0.25, -0.2) is 9.78 Å². The molecule has 33 heavy (non-hydrogen) atoms. The smallest absolute Gasteiger partial charge is 0.343 e. The number of pyridine rings is 2. The predicted octanol–water partition coefficient (Wildman–Crippen LogP) is 2.67. The summed E-state index contributed by atoms with van der Waals surface area (Å²) >= 11 is 0. The lowest BCUT2D eigenvalue weighted by Gasteiger charge is -2.31. The van der Waals surface area contributed by atoms with Crippen LogP contribution in [0.3, 0.4) is 0 Å². The molecule has 2 aliphatic rings. The fraction of sp³-hybridized carbons (Fsp3) is 0.360. The normalized spacial score (nSPS) is 19.5. The van der Waals surface area contributed by atoms with Gasteiger partial charge in [0.1, 0.15) is 6.61 Å². The van der Waals surface area contributed by atoms with Crippen molar-refractivity contribution in [3.63, 3.8) is 0 Å². The maximum absolute atomic E-state index is 13.5. The molecule has 2 aliphatic heterocycles. The van der Waals surface area contributed by atoms with Crippen LogP contribution in [0.15, 0.2) is 35.1 Å². The van der Waals surface area contributed by atoms with Crippen molar-refractivity contribution in [1.29, 1.82) is 0 Å². The van der Waals surface area contributed by atoms with Crippen LogP contribution in [0, 0.1) is 0 Å². The van der Waals surface area contributed by atoms with E-state index in [-0.39, 0.29) is 41.7 Å². The van der Waals surface area contributed by atoms with E-state index in [4.69, 9.17) is 9.72 Å². The van der Waals surface area contributed by atoms with Gasteiger partial charge < -0.3 is 19.7 Å². The van der Waals surface area contributed by atoms with Crippen LogP contribution in [0.5, 0.6) is 0 Å². The summed E-state index contributed by atoms with van der Waals surface area (Å²) in [5.41, 5.74) is 2.14. The minimum Gasteiger partial charge on any atom is -0.458 e. The van der Waals surface area contributed by atoms with E-state index in [0.717, 1.165) is 22.0 Å². The zero-order chi connectivity index (χ0) is 23.5. The number of para-hydroxylation sites is 1. The Morgan fingerprint density at radius 2 is 2.03 bits per heavy atom. The number of nitrogens with one attached hydrogen (secondary N) is 1. The molecule has 0 saturated heterocycles. The van der Waals surface area contributed by atoms with E-state index in [2.05, 4.69) is 5.32 Å². The van der Waals surface area contributed by atoms with E-state index in [0.29, 0.717) is 24.4 Å². The molecule has 3 aromatic rings. The Morgan fingerprint density at radius 1 is 1.27 bits per heavy atom. The largest absolute Gasteiger partial charge is 0.458 e. The Bertz CT molecular complexity index is 1390. The molecule has 0 saturated carbocycles. The fourth-order valence-electron chi connectivity index (χ4n) is 5.08. The Morgan fingerprint density at radius 3 is 2.73 bits per heavy atom. The molecule has 1 aromatic carbocycles. The van der Waals surface area contributed by atoms with Crippen LogP contribution in [0.2, 0.25) is 0 Å². The first-order valence-electron chi connectivity index (χ1n) is 11.2. The van der Waals surface area contributed by atoms with Crippen LogP contribution in [-0.4, -0.2) is 26.5 Å². The second kappa shape index (κ2) is 7.52. The number of amides is 1. The van der Waals surface area contributed by atoms with Crippen molar-refractivity contribution in [2.45, 2.75) is 58.4 Å². The number of carbonyl (C=O) groups is 2. The van der Waals surface area contributed by atoms with Gasteiger partial charge in [-0.1, -0.05) is 32.0 Å². The number of benzene rings is 1. The molecule has 8 nitrogen and oxygen atoms in total. The number of carbonyl (C=O) groups excluding carboxylic acids is 2. The molecular weight excluding hydrogens is 422 g/mol. The second-order valence-electron chi connectivity index (χ2n) is 8.63. The quantitative estimate of drug-likeness (QED) is 0.466. The standard InChI is InChI=1S/C25H25N3O5/c1-4-18(26-13(3)29)21-14-8-6-7-9-19(14)27-22-15(21)11-28-20(22)10-17-16(23(28)30)12-33-24(31)25(17,32)5-2/h6-10,18,32H,4-5,11-12H2,1-3H3,(H,26,29)/t18-,25+/m1/s1. The Labute approximate surface area is 190 Å². The van der Waals surface area contributed by atoms with Crippen molar-refractivity contribution in [1.82, 2.24) is 14.9 Å². The zero-order valence-corrected chi connectivity index (χ0v) is 18.8. The average molecular weight is 447 g/mol. The van der Waals surface area contributed by atoms with E-state index in [9.17, 15) is 19.5 Å². The molecule has 0 radical (unpaired) electrons. The Kier molecular flexibility index (Phi) is 4.86. The van der Waals surface area contributed by atoms with Crippen LogP contribution >= 0.6 is 0 Å². The van der Waals surface area contributed by atoms with Crippen molar-refractivity contribution in [3.05, 3.63) is 62.9 Å². The van der Waals surface area contributed by atoms with Crippen LogP contribution in [0.25, 0.3) is 22.3 Å². The number of esters is 1. The maximum atomic E-state index is 13.5. The third-order valence-electron chi connectivity index (χ3n) is 6.77. The summed E-state index contributed by atoms with van der Waals surface area (Å²) in [6, 6.07) is 9.15. The first-order valence-corrected chi connectivity index (χ1v) is 11.2. The summed E-state index contributed by atoms with van der Waals surface area (Å²) in [7, 11) is 0. The molecule has 0 aliphatic carbocycles. The molecule has 0 spiro atoms. The number of hydrogen-bond donors (Lipinski definition) is 2. The van der Waals surface area contributed by atoms with Gasteiger partial charge in [-0.2, -0.15) is 0 Å². The second-order valence-corrected chi connectivity index (χ2v) is 8.63. The van der Waals surface area contributed by atoms with Gasteiger partial charge in [-0.3, -0.25) is 9.59 Å². The Balaban J connectivity index is 1.82. The average Bonchev–Trinajstić information content (AvgIpc) is 3.17. The van der Waals surface area contributed by atoms with Gasteiger partial charge >= 0.3 is 5.97 Å². The highest BCUT2D eigenvalue weighted by molar-refractivity contribution is 5.90. The van der Waals surface area contributed by atoms with Gasteiger partial charge in [0, 0.05) is 23.4 Å². The van der Waals surface area contributed by atoms with E-state index < -0.39 is 11.6 Å². The number of nitrogens with zero attached hydrogens (tertiary/aromatic N) is 2. The fourth-order valence-corrected chi connectivity index (χ4v) is 5.08. The van der Waals surface area contributed by atoms with Gasteiger partial charge in [0.15, 0.2) is 5.60 Å². The highest BCUT2D eigenvalue weighted by atomic mass is 16.6. The highest BCUT2D eigenvalue weighted by Gasteiger charge is 2.45. The molecule has 2 atom stereocenters. The summed E-state index contributed by atoms with van der Waals surface area (Å²) in [6.07, 6.45) is 0.755.